The first-order valence-electron chi connectivity index (χ1n) is 7.99. The highest BCUT2D eigenvalue weighted by atomic mass is 35.5. The molecule has 0 amide bonds. The number of halogens is 2. The van der Waals surface area contributed by atoms with E-state index in [9.17, 15) is 9.59 Å². The second-order valence-electron chi connectivity index (χ2n) is 5.82. The highest BCUT2D eigenvalue weighted by Crippen LogP contribution is 2.44. The molecular weight excluding hydrogens is 365 g/mol. The molecule has 0 aromatic heterocycles. The van der Waals surface area contributed by atoms with E-state index >= 15 is 0 Å². The fourth-order valence-corrected chi connectivity index (χ4v) is 3.50. The third-order valence-corrected chi connectivity index (χ3v) is 5.00. The zero-order valence-electron chi connectivity index (χ0n) is 13.6. The Labute approximate surface area is 155 Å². The Bertz CT molecular complexity index is 813. The first-order valence-corrected chi connectivity index (χ1v) is 8.75. The van der Waals surface area contributed by atoms with Crippen LogP contribution in [0.2, 0.25) is 10.0 Å². The quantitative estimate of drug-likeness (QED) is 0.804. The Kier molecular flexibility index (Phi) is 5.06. The van der Waals surface area contributed by atoms with Gasteiger partial charge in [-0.2, -0.15) is 0 Å². The van der Waals surface area contributed by atoms with Gasteiger partial charge in [-0.1, -0.05) is 29.3 Å². The molecule has 7 heteroatoms. The van der Waals surface area contributed by atoms with E-state index in [0.29, 0.717) is 46.2 Å². The summed E-state index contributed by atoms with van der Waals surface area (Å²) >= 11 is 12.1. The van der Waals surface area contributed by atoms with E-state index in [-0.39, 0.29) is 23.8 Å². The van der Waals surface area contributed by atoms with Gasteiger partial charge in [0.2, 0.25) is 5.88 Å². The lowest BCUT2D eigenvalue weighted by Gasteiger charge is -2.32. The number of carbonyl (C=O) groups is 2. The molecule has 2 N–H and O–H groups in total. The smallest absolute Gasteiger partial charge is 0.340 e. The van der Waals surface area contributed by atoms with E-state index in [2.05, 4.69) is 0 Å². The zero-order valence-corrected chi connectivity index (χ0v) is 15.1. The van der Waals surface area contributed by atoms with Gasteiger partial charge in [0.1, 0.15) is 11.3 Å². The number of rotatable bonds is 3. The van der Waals surface area contributed by atoms with E-state index < -0.39 is 11.9 Å². The van der Waals surface area contributed by atoms with Gasteiger partial charge in [0, 0.05) is 18.4 Å². The molecule has 2 aliphatic rings. The van der Waals surface area contributed by atoms with Crippen molar-refractivity contribution in [3.8, 4) is 0 Å². The predicted octanol–water partition coefficient (Wildman–Crippen LogP) is 3.85. The third kappa shape index (κ3) is 3.26. The second kappa shape index (κ2) is 7.10. The lowest BCUT2D eigenvalue weighted by molar-refractivity contribution is -0.139. The van der Waals surface area contributed by atoms with Crippen LogP contribution in [0.25, 0.3) is 0 Å². The zero-order chi connectivity index (χ0) is 18.1. The van der Waals surface area contributed by atoms with Gasteiger partial charge in [0.05, 0.1) is 22.6 Å². The number of ketones is 1. The molecule has 25 heavy (non-hydrogen) atoms. The summed E-state index contributed by atoms with van der Waals surface area (Å²) in [6, 6.07) is 4.99. The molecule has 0 spiro atoms. The van der Waals surface area contributed by atoms with E-state index in [4.69, 9.17) is 38.4 Å². The molecule has 3 rings (SSSR count). The van der Waals surface area contributed by atoms with Crippen molar-refractivity contribution in [1.82, 2.24) is 0 Å². The Morgan fingerprint density at radius 2 is 2.08 bits per heavy atom. The second-order valence-corrected chi connectivity index (χ2v) is 6.63. The maximum absolute atomic E-state index is 12.6. The van der Waals surface area contributed by atoms with Crippen LogP contribution in [0, 0.1) is 0 Å². The minimum Gasteiger partial charge on any atom is -0.462 e. The number of ether oxygens (including phenoxy) is 2. The molecular formula is C18H17Cl2NO4. The summed E-state index contributed by atoms with van der Waals surface area (Å²) in [5.74, 6) is -0.876. The molecule has 1 atom stereocenters. The van der Waals surface area contributed by atoms with Crippen LogP contribution < -0.4 is 5.73 Å². The molecule has 0 radical (unpaired) electrons. The van der Waals surface area contributed by atoms with E-state index in [0.717, 1.165) is 0 Å². The molecule has 132 valence electrons. The highest BCUT2D eigenvalue weighted by molar-refractivity contribution is 6.42. The molecule has 1 aromatic rings. The fraction of sp³-hybridized carbons (Fsp3) is 0.333. The van der Waals surface area contributed by atoms with Crippen molar-refractivity contribution < 1.29 is 19.1 Å². The van der Waals surface area contributed by atoms with Crippen molar-refractivity contribution in [2.75, 3.05) is 6.61 Å². The minimum atomic E-state index is -0.676. The summed E-state index contributed by atoms with van der Waals surface area (Å²) < 4.78 is 10.7. The van der Waals surface area contributed by atoms with Crippen molar-refractivity contribution in [3.05, 3.63) is 56.6 Å². The van der Waals surface area contributed by atoms with Gasteiger partial charge in [-0.3, -0.25) is 4.79 Å². The van der Waals surface area contributed by atoms with Crippen LogP contribution in [0.3, 0.4) is 0 Å². The number of carbonyl (C=O) groups excluding carboxylic acids is 2. The molecule has 5 nitrogen and oxygen atoms in total. The summed E-state index contributed by atoms with van der Waals surface area (Å²) in [4.78, 5) is 25.1. The number of hydrogen-bond donors (Lipinski definition) is 1. The summed E-state index contributed by atoms with van der Waals surface area (Å²) in [6.45, 7) is 1.88. The van der Waals surface area contributed by atoms with Gasteiger partial charge in [-0.05, 0) is 31.0 Å². The molecule has 1 heterocycles. The van der Waals surface area contributed by atoms with Gasteiger partial charge < -0.3 is 15.2 Å². The SMILES string of the molecule is CCOC(=O)C1=C(N)OC2=C(C(=O)CCC2)[C@H]1c1ccc(Cl)c(Cl)c1. The van der Waals surface area contributed by atoms with Crippen molar-refractivity contribution in [2.24, 2.45) is 5.73 Å². The van der Waals surface area contributed by atoms with E-state index in [1.165, 1.54) is 0 Å². The van der Waals surface area contributed by atoms with E-state index in [1.807, 2.05) is 0 Å². The average molecular weight is 382 g/mol. The minimum absolute atomic E-state index is 0.0389. The monoisotopic (exact) mass is 381 g/mol. The molecule has 0 fully saturated rings. The van der Waals surface area contributed by atoms with E-state index in [1.54, 1.807) is 25.1 Å². The standard InChI is InChI=1S/C18H17Cl2NO4/c1-2-24-18(23)16-14(9-6-7-10(19)11(20)8-9)15-12(22)4-3-5-13(15)25-17(16)21/h6-8,14H,2-5,21H2,1H3/t14-/m1/s1. The summed E-state index contributed by atoms with van der Waals surface area (Å²) in [5.41, 5.74) is 7.22. The van der Waals surface area contributed by atoms with Crippen molar-refractivity contribution in [1.29, 1.82) is 0 Å². The van der Waals surface area contributed by atoms with Crippen molar-refractivity contribution >= 4 is 35.0 Å². The summed E-state index contributed by atoms with van der Waals surface area (Å²) in [7, 11) is 0. The van der Waals surface area contributed by atoms with Gasteiger partial charge in [-0.15, -0.1) is 0 Å². The van der Waals surface area contributed by atoms with Gasteiger partial charge in [0.15, 0.2) is 5.78 Å². The topological polar surface area (TPSA) is 78.6 Å². The Morgan fingerprint density at radius 1 is 1.32 bits per heavy atom. The first-order chi connectivity index (χ1) is 11.9. The van der Waals surface area contributed by atoms with Gasteiger partial charge in [-0.25, -0.2) is 4.79 Å². The third-order valence-electron chi connectivity index (χ3n) is 4.26. The average Bonchev–Trinajstić information content (AvgIpc) is 2.56. The number of allylic oxidation sites excluding steroid dienone is 2. The van der Waals surface area contributed by atoms with Crippen LogP contribution in [0.5, 0.6) is 0 Å². The van der Waals surface area contributed by atoms with Crippen LogP contribution in [0.15, 0.2) is 41.0 Å². The Balaban J connectivity index is 2.18. The summed E-state index contributed by atoms with van der Waals surface area (Å²) in [5, 5.41) is 0.717. The highest BCUT2D eigenvalue weighted by Gasteiger charge is 2.41. The normalized spacial score (nSPS) is 20.3. The lowest BCUT2D eigenvalue weighted by Crippen LogP contribution is -2.31. The number of benzene rings is 1. The van der Waals surface area contributed by atoms with Gasteiger partial charge >= 0.3 is 5.97 Å². The van der Waals surface area contributed by atoms with Crippen LogP contribution in [0.1, 0.15) is 37.7 Å². The molecule has 0 bridgehead atoms. The molecule has 0 saturated carbocycles. The maximum atomic E-state index is 12.6. The molecule has 1 aliphatic heterocycles. The number of esters is 1. The van der Waals surface area contributed by atoms with Crippen LogP contribution in [0.4, 0.5) is 0 Å². The Morgan fingerprint density at radius 3 is 2.76 bits per heavy atom. The summed E-state index contributed by atoms with van der Waals surface area (Å²) in [6.07, 6.45) is 1.68. The van der Waals surface area contributed by atoms with Gasteiger partial charge in [0.25, 0.3) is 0 Å². The largest absolute Gasteiger partial charge is 0.462 e. The molecule has 1 aliphatic carbocycles. The van der Waals surface area contributed by atoms with Crippen molar-refractivity contribution in [3.63, 3.8) is 0 Å². The number of Topliss-reactive ketones (excluding diaryl/α,β-unsaturated/α-hetero) is 1. The van der Waals surface area contributed by atoms with Crippen LogP contribution >= 0.6 is 23.2 Å². The van der Waals surface area contributed by atoms with Crippen LogP contribution in [-0.2, 0) is 19.1 Å². The molecule has 1 aromatic carbocycles. The number of nitrogens with two attached hydrogens (primary N) is 1. The van der Waals surface area contributed by atoms with Crippen molar-refractivity contribution in [2.45, 2.75) is 32.1 Å². The fourth-order valence-electron chi connectivity index (χ4n) is 3.19. The predicted molar refractivity (Wildman–Crippen MR) is 94.0 cm³/mol. The molecule has 0 saturated heterocycles. The first kappa shape index (κ1) is 17.8. The molecule has 0 unspecified atom stereocenters. The number of hydrogen-bond acceptors (Lipinski definition) is 5. The van der Waals surface area contributed by atoms with Crippen LogP contribution in [-0.4, -0.2) is 18.4 Å². The maximum Gasteiger partial charge on any atom is 0.340 e. The Hall–Kier alpha value is -1.98. The lowest BCUT2D eigenvalue weighted by atomic mass is 9.77.